The summed E-state index contributed by atoms with van der Waals surface area (Å²) >= 11 is 0. The topological polar surface area (TPSA) is 61.5 Å². The van der Waals surface area contributed by atoms with Gasteiger partial charge in [0.1, 0.15) is 13.2 Å². The number of rotatable bonds is 6. The molecule has 0 saturated carbocycles. The van der Waals surface area contributed by atoms with Gasteiger partial charge in [0.05, 0.1) is 6.61 Å². The maximum absolute atomic E-state index is 11.1. The first-order valence-electron chi connectivity index (χ1n) is 4.80. The molecule has 1 aromatic carbocycles. The summed E-state index contributed by atoms with van der Waals surface area (Å²) in [7, 11) is 0. The summed E-state index contributed by atoms with van der Waals surface area (Å²) in [4.78, 5) is 11.1. The van der Waals surface area contributed by atoms with E-state index in [1.807, 2.05) is 30.3 Å². The van der Waals surface area contributed by atoms with Crippen molar-refractivity contribution in [1.29, 1.82) is 0 Å². The van der Waals surface area contributed by atoms with Crippen LogP contribution in [0.1, 0.15) is 5.56 Å². The highest BCUT2D eigenvalue weighted by atomic mass is 16.6. The number of carbonyl (C=O) groups excluding carboxylic acids is 1. The Balaban J connectivity index is 2.17. The summed E-state index contributed by atoms with van der Waals surface area (Å²) in [5.74, 6) is -0.368. The minimum atomic E-state index is -0.368. The van der Waals surface area contributed by atoms with Gasteiger partial charge in [-0.25, -0.2) is 4.79 Å². The van der Waals surface area contributed by atoms with E-state index in [4.69, 9.17) is 15.2 Å². The molecule has 0 unspecified atom stereocenters. The van der Waals surface area contributed by atoms with Crippen molar-refractivity contribution in [2.24, 2.45) is 5.73 Å². The Kier molecular flexibility index (Phi) is 5.43. The van der Waals surface area contributed by atoms with E-state index in [9.17, 15) is 4.79 Å². The number of hydrogen-bond donors (Lipinski definition) is 1. The maximum Gasteiger partial charge on any atom is 0.332 e. The molecule has 15 heavy (non-hydrogen) atoms. The molecule has 0 atom stereocenters. The van der Waals surface area contributed by atoms with Gasteiger partial charge in [0.15, 0.2) is 0 Å². The van der Waals surface area contributed by atoms with Gasteiger partial charge in [-0.1, -0.05) is 30.3 Å². The molecule has 0 bridgehead atoms. The summed E-state index contributed by atoms with van der Waals surface area (Å²) in [6.07, 6.45) is 0. The summed E-state index contributed by atoms with van der Waals surface area (Å²) in [6, 6.07) is 9.50. The van der Waals surface area contributed by atoms with E-state index in [1.54, 1.807) is 0 Å². The zero-order chi connectivity index (χ0) is 10.9. The minimum absolute atomic E-state index is 0.0377. The van der Waals surface area contributed by atoms with E-state index < -0.39 is 0 Å². The third-order valence-electron chi connectivity index (χ3n) is 1.72. The molecule has 0 aliphatic heterocycles. The van der Waals surface area contributed by atoms with Crippen LogP contribution in [0.5, 0.6) is 0 Å². The highest BCUT2D eigenvalue weighted by Crippen LogP contribution is 2.00. The molecule has 0 saturated heterocycles. The largest absolute Gasteiger partial charge is 0.459 e. The minimum Gasteiger partial charge on any atom is -0.459 e. The zero-order valence-electron chi connectivity index (χ0n) is 8.52. The quantitative estimate of drug-likeness (QED) is 0.553. The van der Waals surface area contributed by atoms with Crippen LogP contribution in [0.4, 0.5) is 0 Å². The zero-order valence-corrected chi connectivity index (χ0v) is 8.52. The molecule has 4 nitrogen and oxygen atoms in total. The third-order valence-corrected chi connectivity index (χ3v) is 1.72. The Labute approximate surface area is 89.0 Å². The molecule has 4 heteroatoms. The van der Waals surface area contributed by atoms with Gasteiger partial charge >= 0.3 is 5.97 Å². The molecule has 0 aliphatic carbocycles. The summed E-state index contributed by atoms with van der Waals surface area (Å²) in [5.41, 5.74) is 6.17. The fraction of sp³-hybridized carbons (Fsp3) is 0.364. The Morgan fingerprint density at radius 2 is 2.00 bits per heavy atom. The van der Waals surface area contributed by atoms with Crippen molar-refractivity contribution in [2.45, 2.75) is 6.61 Å². The van der Waals surface area contributed by atoms with Crippen LogP contribution in [-0.4, -0.2) is 25.7 Å². The molecule has 0 spiro atoms. The van der Waals surface area contributed by atoms with E-state index in [1.165, 1.54) is 0 Å². The van der Waals surface area contributed by atoms with Gasteiger partial charge in [-0.15, -0.1) is 0 Å². The SMILES string of the molecule is NCCOCC(=O)OCc1ccccc1. The fourth-order valence-corrected chi connectivity index (χ4v) is 1.02. The first-order chi connectivity index (χ1) is 7.33. The Bertz CT molecular complexity index is 287. The standard InChI is InChI=1S/C11H15NO3/c12-6-7-14-9-11(13)15-8-10-4-2-1-3-5-10/h1-5H,6-9,12H2. The third kappa shape index (κ3) is 5.15. The Morgan fingerprint density at radius 1 is 1.27 bits per heavy atom. The van der Waals surface area contributed by atoms with Gasteiger partial charge in [-0.3, -0.25) is 0 Å². The van der Waals surface area contributed by atoms with Gasteiger partial charge in [0.25, 0.3) is 0 Å². The predicted molar refractivity (Wildman–Crippen MR) is 56.1 cm³/mol. The van der Waals surface area contributed by atoms with Crippen LogP contribution in [0.2, 0.25) is 0 Å². The molecule has 1 rings (SSSR count). The number of carbonyl (C=O) groups is 1. The van der Waals surface area contributed by atoms with Crippen molar-refractivity contribution in [3.63, 3.8) is 0 Å². The van der Waals surface area contributed by atoms with Crippen LogP contribution in [0.25, 0.3) is 0 Å². The summed E-state index contributed by atoms with van der Waals surface area (Å²) in [6.45, 7) is 1.03. The van der Waals surface area contributed by atoms with E-state index >= 15 is 0 Å². The molecule has 0 aromatic heterocycles. The smallest absolute Gasteiger partial charge is 0.332 e. The van der Waals surface area contributed by atoms with Gasteiger partial charge in [0, 0.05) is 6.54 Å². The van der Waals surface area contributed by atoms with Gasteiger partial charge < -0.3 is 15.2 Å². The molecule has 0 amide bonds. The number of ether oxygens (including phenoxy) is 2. The number of benzene rings is 1. The second-order valence-corrected chi connectivity index (χ2v) is 2.99. The van der Waals surface area contributed by atoms with Crippen LogP contribution in [0, 0.1) is 0 Å². The lowest BCUT2D eigenvalue weighted by Gasteiger charge is -2.04. The monoisotopic (exact) mass is 209 g/mol. The number of nitrogens with two attached hydrogens (primary N) is 1. The van der Waals surface area contributed by atoms with Crippen molar-refractivity contribution >= 4 is 5.97 Å². The lowest BCUT2D eigenvalue weighted by Crippen LogP contribution is -2.16. The number of hydrogen-bond acceptors (Lipinski definition) is 4. The summed E-state index contributed by atoms with van der Waals surface area (Å²) in [5, 5.41) is 0. The van der Waals surface area contributed by atoms with Crippen LogP contribution in [-0.2, 0) is 20.9 Å². The van der Waals surface area contributed by atoms with Gasteiger partial charge in [0.2, 0.25) is 0 Å². The molecule has 0 fully saturated rings. The molecule has 0 aliphatic rings. The van der Waals surface area contributed by atoms with Crippen molar-refractivity contribution in [3.8, 4) is 0 Å². The lowest BCUT2D eigenvalue weighted by molar-refractivity contribution is -0.150. The second kappa shape index (κ2) is 6.98. The van der Waals surface area contributed by atoms with Crippen molar-refractivity contribution < 1.29 is 14.3 Å². The maximum atomic E-state index is 11.1. The summed E-state index contributed by atoms with van der Waals surface area (Å²) < 4.78 is 9.90. The molecule has 1 aromatic rings. The van der Waals surface area contributed by atoms with Crippen molar-refractivity contribution in [2.75, 3.05) is 19.8 Å². The molecule has 2 N–H and O–H groups in total. The average Bonchev–Trinajstić information content (AvgIpc) is 2.28. The van der Waals surface area contributed by atoms with E-state index in [2.05, 4.69) is 0 Å². The molecular formula is C11H15NO3. The van der Waals surface area contributed by atoms with Crippen LogP contribution in [0.15, 0.2) is 30.3 Å². The first-order valence-corrected chi connectivity index (χ1v) is 4.80. The molecule has 0 radical (unpaired) electrons. The number of esters is 1. The predicted octanol–water partition coefficient (Wildman–Crippen LogP) is 0.705. The Morgan fingerprint density at radius 3 is 2.67 bits per heavy atom. The second-order valence-electron chi connectivity index (χ2n) is 2.99. The highest BCUT2D eigenvalue weighted by Gasteiger charge is 2.02. The van der Waals surface area contributed by atoms with E-state index in [0.717, 1.165) is 5.56 Å². The van der Waals surface area contributed by atoms with E-state index in [0.29, 0.717) is 13.2 Å². The van der Waals surface area contributed by atoms with Crippen molar-refractivity contribution in [3.05, 3.63) is 35.9 Å². The van der Waals surface area contributed by atoms with Crippen molar-refractivity contribution in [1.82, 2.24) is 0 Å². The van der Waals surface area contributed by atoms with Gasteiger partial charge in [-0.2, -0.15) is 0 Å². The molecular weight excluding hydrogens is 194 g/mol. The fourth-order valence-electron chi connectivity index (χ4n) is 1.02. The van der Waals surface area contributed by atoms with Gasteiger partial charge in [-0.05, 0) is 5.56 Å². The van der Waals surface area contributed by atoms with Crippen LogP contribution in [0.3, 0.4) is 0 Å². The average molecular weight is 209 g/mol. The Hall–Kier alpha value is -1.39. The highest BCUT2D eigenvalue weighted by molar-refractivity contribution is 5.70. The normalized spacial score (nSPS) is 9.93. The van der Waals surface area contributed by atoms with Crippen LogP contribution >= 0.6 is 0 Å². The molecule has 82 valence electrons. The lowest BCUT2D eigenvalue weighted by atomic mass is 10.2. The molecule has 0 heterocycles. The first kappa shape index (κ1) is 11.7. The van der Waals surface area contributed by atoms with Crippen LogP contribution < -0.4 is 5.73 Å². The van der Waals surface area contributed by atoms with E-state index in [-0.39, 0.29) is 19.2 Å².